The first kappa shape index (κ1) is 13.7. The largest absolute Gasteiger partial charge is 0.481 e. The first-order valence-electron chi connectivity index (χ1n) is 6.49. The van der Waals surface area contributed by atoms with Crippen LogP contribution in [0.2, 0.25) is 0 Å². The predicted octanol–water partition coefficient (Wildman–Crippen LogP) is -0.650. The van der Waals surface area contributed by atoms with Crippen molar-refractivity contribution in [2.75, 3.05) is 59.7 Å². The van der Waals surface area contributed by atoms with E-state index in [1.807, 2.05) is 7.05 Å². The lowest BCUT2D eigenvalue weighted by Crippen LogP contribution is -2.46. The minimum absolute atomic E-state index is 0.00328. The molecule has 0 aromatic heterocycles. The second-order valence-electron chi connectivity index (χ2n) is 4.98. The van der Waals surface area contributed by atoms with E-state index >= 15 is 0 Å². The van der Waals surface area contributed by atoms with Gasteiger partial charge in [0.2, 0.25) is 0 Å². The van der Waals surface area contributed by atoms with Crippen molar-refractivity contribution in [2.45, 2.75) is 6.04 Å². The van der Waals surface area contributed by atoms with Gasteiger partial charge in [-0.2, -0.15) is 0 Å². The number of carbonyl (C=O) groups is 1. The fourth-order valence-corrected chi connectivity index (χ4v) is 2.50. The van der Waals surface area contributed by atoms with E-state index in [1.165, 1.54) is 0 Å². The van der Waals surface area contributed by atoms with Crippen molar-refractivity contribution in [2.24, 2.45) is 5.92 Å². The summed E-state index contributed by atoms with van der Waals surface area (Å²) < 4.78 is 10.6. The lowest BCUT2D eigenvalue weighted by atomic mass is 10.0. The zero-order valence-electron chi connectivity index (χ0n) is 10.9. The molecule has 6 heteroatoms. The Morgan fingerprint density at radius 2 is 2.06 bits per heavy atom. The molecule has 2 aliphatic heterocycles. The molecule has 2 saturated heterocycles. The van der Waals surface area contributed by atoms with Crippen molar-refractivity contribution in [3.8, 4) is 0 Å². The molecule has 2 unspecified atom stereocenters. The molecular weight excluding hydrogens is 236 g/mol. The normalized spacial score (nSPS) is 29.9. The minimum atomic E-state index is -0.754. The number of aliphatic carboxylic acids is 1. The quantitative estimate of drug-likeness (QED) is 0.707. The van der Waals surface area contributed by atoms with E-state index in [2.05, 4.69) is 9.80 Å². The molecule has 0 aromatic rings. The van der Waals surface area contributed by atoms with Gasteiger partial charge in [0.25, 0.3) is 0 Å². The average Bonchev–Trinajstić information content (AvgIpc) is 2.86. The SMILES string of the molecule is CN(CCN1CCOCC1)C1COCC1C(=O)O. The van der Waals surface area contributed by atoms with Crippen LogP contribution in [0.3, 0.4) is 0 Å². The van der Waals surface area contributed by atoms with Gasteiger partial charge < -0.3 is 14.6 Å². The summed E-state index contributed by atoms with van der Waals surface area (Å²) in [5.74, 6) is -1.14. The van der Waals surface area contributed by atoms with E-state index in [0.29, 0.717) is 13.2 Å². The van der Waals surface area contributed by atoms with Crippen LogP contribution in [0.15, 0.2) is 0 Å². The summed E-state index contributed by atoms with van der Waals surface area (Å²) in [6.45, 7) is 6.23. The molecule has 18 heavy (non-hydrogen) atoms. The van der Waals surface area contributed by atoms with Crippen molar-refractivity contribution >= 4 is 5.97 Å². The highest BCUT2D eigenvalue weighted by molar-refractivity contribution is 5.71. The van der Waals surface area contributed by atoms with E-state index in [-0.39, 0.29) is 12.0 Å². The van der Waals surface area contributed by atoms with Crippen LogP contribution in [0.1, 0.15) is 0 Å². The van der Waals surface area contributed by atoms with Crippen molar-refractivity contribution in [1.29, 1.82) is 0 Å². The number of rotatable bonds is 5. The second-order valence-corrected chi connectivity index (χ2v) is 4.98. The van der Waals surface area contributed by atoms with Crippen LogP contribution in [0, 0.1) is 5.92 Å². The Morgan fingerprint density at radius 1 is 1.33 bits per heavy atom. The molecule has 0 spiro atoms. The molecule has 0 bridgehead atoms. The number of carboxylic acid groups (broad SMARTS) is 1. The standard InChI is InChI=1S/C12H22N2O4/c1-13(2-3-14-4-6-17-7-5-14)11-9-18-8-10(11)12(15)16/h10-11H,2-9H2,1H3,(H,15,16). The highest BCUT2D eigenvalue weighted by Gasteiger charge is 2.36. The molecule has 2 aliphatic rings. The summed E-state index contributed by atoms with van der Waals surface area (Å²) in [6, 6.07) is 0.00328. The smallest absolute Gasteiger partial charge is 0.310 e. The van der Waals surface area contributed by atoms with Gasteiger partial charge in [0.05, 0.1) is 32.3 Å². The van der Waals surface area contributed by atoms with Gasteiger partial charge in [-0.3, -0.25) is 14.6 Å². The number of morpholine rings is 1. The van der Waals surface area contributed by atoms with Crippen LogP contribution in [-0.2, 0) is 14.3 Å². The number of ether oxygens (including phenoxy) is 2. The maximum atomic E-state index is 11.1. The van der Waals surface area contributed by atoms with Crippen molar-refractivity contribution in [1.82, 2.24) is 9.80 Å². The van der Waals surface area contributed by atoms with E-state index in [1.54, 1.807) is 0 Å². The summed E-state index contributed by atoms with van der Waals surface area (Å²) in [4.78, 5) is 15.6. The molecule has 0 saturated carbocycles. The predicted molar refractivity (Wildman–Crippen MR) is 65.6 cm³/mol. The van der Waals surface area contributed by atoms with E-state index < -0.39 is 5.97 Å². The van der Waals surface area contributed by atoms with Crippen LogP contribution in [-0.4, -0.2) is 86.6 Å². The molecule has 2 fully saturated rings. The van der Waals surface area contributed by atoms with E-state index in [0.717, 1.165) is 39.4 Å². The Balaban J connectivity index is 1.76. The molecule has 6 nitrogen and oxygen atoms in total. The molecule has 2 atom stereocenters. The van der Waals surface area contributed by atoms with Crippen LogP contribution >= 0.6 is 0 Å². The molecule has 1 N–H and O–H groups in total. The molecule has 0 aromatic carbocycles. The Bertz CT molecular complexity index is 281. The number of likely N-dealkylation sites (N-methyl/N-ethyl adjacent to an activating group) is 1. The number of hydrogen-bond acceptors (Lipinski definition) is 5. The third kappa shape index (κ3) is 3.41. The third-order valence-corrected chi connectivity index (χ3v) is 3.81. The van der Waals surface area contributed by atoms with Crippen LogP contribution in [0.25, 0.3) is 0 Å². The van der Waals surface area contributed by atoms with Gasteiger partial charge >= 0.3 is 5.97 Å². The summed E-state index contributed by atoms with van der Waals surface area (Å²) in [5.41, 5.74) is 0. The van der Waals surface area contributed by atoms with Gasteiger partial charge in [0.1, 0.15) is 0 Å². The van der Waals surface area contributed by atoms with Gasteiger partial charge in [-0.1, -0.05) is 0 Å². The highest BCUT2D eigenvalue weighted by Crippen LogP contribution is 2.18. The van der Waals surface area contributed by atoms with Gasteiger partial charge in [0, 0.05) is 32.2 Å². The van der Waals surface area contributed by atoms with Gasteiger partial charge in [0.15, 0.2) is 0 Å². The molecule has 2 heterocycles. The molecule has 2 rings (SSSR count). The topological polar surface area (TPSA) is 62.2 Å². The van der Waals surface area contributed by atoms with Crippen molar-refractivity contribution in [3.63, 3.8) is 0 Å². The Labute approximate surface area is 107 Å². The lowest BCUT2D eigenvalue weighted by molar-refractivity contribution is -0.143. The Morgan fingerprint density at radius 3 is 2.72 bits per heavy atom. The monoisotopic (exact) mass is 258 g/mol. The average molecular weight is 258 g/mol. The third-order valence-electron chi connectivity index (χ3n) is 3.81. The van der Waals surface area contributed by atoms with Crippen molar-refractivity contribution < 1.29 is 19.4 Å². The van der Waals surface area contributed by atoms with E-state index in [4.69, 9.17) is 14.6 Å². The zero-order valence-corrected chi connectivity index (χ0v) is 10.9. The molecule has 104 valence electrons. The summed E-state index contributed by atoms with van der Waals surface area (Å²) in [5, 5.41) is 9.12. The van der Waals surface area contributed by atoms with Gasteiger partial charge in [-0.15, -0.1) is 0 Å². The lowest BCUT2D eigenvalue weighted by Gasteiger charge is -2.31. The summed E-state index contributed by atoms with van der Waals surface area (Å²) in [7, 11) is 1.98. The Kier molecular flexibility index (Phi) is 4.94. The summed E-state index contributed by atoms with van der Waals surface area (Å²) >= 11 is 0. The first-order chi connectivity index (χ1) is 8.68. The number of nitrogens with zero attached hydrogens (tertiary/aromatic N) is 2. The molecular formula is C12H22N2O4. The van der Waals surface area contributed by atoms with Crippen LogP contribution < -0.4 is 0 Å². The highest BCUT2D eigenvalue weighted by atomic mass is 16.5. The maximum absolute atomic E-state index is 11.1. The molecule has 0 radical (unpaired) electrons. The second kappa shape index (κ2) is 6.47. The minimum Gasteiger partial charge on any atom is -0.481 e. The van der Waals surface area contributed by atoms with Crippen LogP contribution in [0.5, 0.6) is 0 Å². The fourth-order valence-electron chi connectivity index (χ4n) is 2.50. The number of hydrogen-bond donors (Lipinski definition) is 1. The fraction of sp³-hybridized carbons (Fsp3) is 0.917. The van der Waals surface area contributed by atoms with Crippen molar-refractivity contribution in [3.05, 3.63) is 0 Å². The van der Waals surface area contributed by atoms with Gasteiger partial charge in [-0.05, 0) is 7.05 Å². The molecule has 0 aliphatic carbocycles. The van der Waals surface area contributed by atoms with Gasteiger partial charge in [-0.25, -0.2) is 0 Å². The van der Waals surface area contributed by atoms with E-state index in [9.17, 15) is 4.79 Å². The Hall–Kier alpha value is -0.690. The first-order valence-corrected chi connectivity index (χ1v) is 6.49. The maximum Gasteiger partial charge on any atom is 0.310 e. The number of carboxylic acids is 1. The van der Waals surface area contributed by atoms with Crippen LogP contribution in [0.4, 0.5) is 0 Å². The molecule has 0 amide bonds. The zero-order chi connectivity index (χ0) is 13.0. The summed E-state index contributed by atoms with van der Waals surface area (Å²) in [6.07, 6.45) is 0.